The van der Waals surface area contributed by atoms with E-state index in [0.717, 1.165) is 32.0 Å². The molecule has 5 rings (SSSR count). The summed E-state index contributed by atoms with van der Waals surface area (Å²) in [5, 5.41) is 5.17. The third-order valence-corrected chi connectivity index (χ3v) is 8.90. The van der Waals surface area contributed by atoms with E-state index in [1.54, 1.807) is 0 Å². The van der Waals surface area contributed by atoms with Crippen LogP contribution in [0.25, 0.3) is 0 Å². The Morgan fingerprint density at radius 2 is 1.97 bits per heavy atom. The number of carbonyl (C=O) groups excluding carboxylic acids is 1. The summed E-state index contributed by atoms with van der Waals surface area (Å²) in [5.41, 5.74) is 2.00. The highest BCUT2D eigenvalue weighted by Gasteiger charge is 2.53. The van der Waals surface area contributed by atoms with Crippen LogP contribution in [0.1, 0.15) is 76.9 Å². The van der Waals surface area contributed by atoms with Crippen molar-refractivity contribution >= 4 is 12.2 Å². The summed E-state index contributed by atoms with van der Waals surface area (Å²) >= 11 is 0. The molecule has 1 unspecified atom stereocenters. The Balaban J connectivity index is 1.25. The second-order valence-electron chi connectivity index (χ2n) is 11.2. The zero-order valence-electron chi connectivity index (χ0n) is 19.9. The number of rotatable bonds is 8. The summed E-state index contributed by atoms with van der Waals surface area (Å²) < 4.78 is 2.30. The van der Waals surface area contributed by atoms with Gasteiger partial charge in [-0.1, -0.05) is 26.7 Å². The smallest absolute Gasteiger partial charge is 0.209 e. The van der Waals surface area contributed by atoms with Gasteiger partial charge < -0.3 is 9.80 Å². The Morgan fingerprint density at radius 1 is 1.19 bits per heavy atom. The number of aromatic nitrogens is 2. The van der Waals surface area contributed by atoms with Gasteiger partial charge in [0.2, 0.25) is 6.41 Å². The van der Waals surface area contributed by atoms with Gasteiger partial charge in [-0.15, -0.1) is 0 Å². The molecule has 4 aliphatic rings. The van der Waals surface area contributed by atoms with Gasteiger partial charge in [0.15, 0.2) is 5.82 Å². The van der Waals surface area contributed by atoms with Gasteiger partial charge in [-0.2, -0.15) is 5.10 Å². The molecule has 4 fully saturated rings. The number of hydrogen-bond donors (Lipinski definition) is 0. The van der Waals surface area contributed by atoms with E-state index in [2.05, 4.69) is 41.3 Å². The van der Waals surface area contributed by atoms with E-state index in [0.29, 0.717) is 17.0 Å². The fourth-order valence-corrected chi connectivity index (χ4v) is 7.02. The first-order valence-corrected chi connectivity index (χ1v) is 12.8. The standard InChI is InChI=1S/C25H41N5O/c1-4-7-21(5-2)15-27-10-11-29(25(18-27)8-6-9-25)23-12-20(3)30(26-23)22-13-24(14-22)16-28(17-24)19-31/h12,19,21-22H,4-11,13-18H2,1-3H3. The fourth-order valence-electron chi connectivity index (χ4n) is 7.02. The van der Waals surface area contributed by atoms with Crippen molar-refractivity contribution in [1.82, 2.24) is 19.6 Å². The maximum absolute atomic E-state index is 10.9. The van der Waals surface area contributed by atoms with Gasteiger partial charge in [0.05, 0.1) is 11.6 Å². The van der Waals surface area contributed by atoms with E-state index >= 15 is 0 Å². The Morgan fingerprint density at radius 3 is 2.58 bits per heavy atom. The van der Waals surface area contributed by atoms with Crippen molar-refractivity contribution in [2.75, 3.05) is 44.2 Å². The zero-order valence-corrected chi connectivity index (χ0v) is 19.9. The SMILES string of the molecule is CCCC(CC)CN1CCN(c2cc(C)n(C3CC4(C3)CN(C=O)C4)n2)C2(CCC2)C1. The van der Waals surface area contributed by atoms with Crippen LogP contribution in [0.3, 0.4) is 0 Å². The molecule has 6 nitrogen and oxygen atoms in total. The van der Waals surface area contributed by atoms with Crippen LogP contribution in [0, 0.1) is 18.3 Å². The molecule has 0 radical (unpaired) electrons. The first-order valence-electron chi connectivity index (χ1n) is 12.8. The minimum atomic E-state index is 0.313. The van der Waals surface area contributed by atoms with Crippen LogP contribution in [-0.4, -0.2) is 70.8 Å². The van der Waals surface area contributed by atoms with Crippen molar-refractivity contribution in [3.63, 3.8) is 0 Å². The zero-order chi connectivity index (χ0) is 21.6. The molecule has 2 spiro atoms. The number of carbonyl (C=O) groups is 1. The number of aryl methyl sites for hydroxylation is 1. The van der Waals surface area contributed by atoms with Crippen LogP contribution in [0.15, 0.2) is 6.07 Å². The largest absolute Gasteiger partial charge is 0.347 e. The van der Waals surface area contributed by atoms with Crippen molar-refractivity contribution < 1.29 is 4.79 Å². The molecule has 2 aliphatic heterocycles. The molecule has 2 aliphatic carbocycles. The molecule has 2 saturated carbocycles. The van der Waals surface area contributed by atoms with Crippen molar-refractivity contribution in [1.29, 1.82) is 0 Å². The lowest BCUT2D eigenvalue weighted by molar-refractivity contribution is -0.140. The van der Waals surface area contributed by atoms with Gasteiger partial charge in [0.1, 0.15) is 0 Å². The monoisotopic (exact) mass is 427 g/mol. The number of anilines is 1. The first kappa shape index (κ1) is 21.3. The third kappa shape index (κ3) is 3.69. The lowest BCUT2D eigenvalue weighted by atomic mass is 9.61. The van der Waals surface area contributed by atoms with Gasteiger partial charge in [0.25, 0.3) is 0 Å². The lowest BCUT2D eigenvalue weighted by Crippen LogP contribution is -2.66. The minimum Gasteiger partial charge on any atom is -0.347 e. The Labute approximate surface area is 187 Å². The summed E-state index contributed by atoms with van der Waals surface area (Å²) in [6.45, 7) is 13.6. The second kappa shape index (κ2) is 8.09. The normalized spacial score (nSPS) is 25.9. The van der Waals surface area contributed by atoms with Gasteiger partial charge in [-0.3, -0.25) is 14.4 Å². The Kier molecular flexibility index (Phi) is 5.56. The quantitative estimate of drug-likeness (QED) is 0.591. The first-order chi connectivity index (χ1) is 15.0. The molecule has 0 bridgehead atoms. The average molecular weight is 428 g/mol. The number of nitrogens with zero attached hydrogens (tertiary/aromatic N) is 5. The highest BCUT2D eigenvalue weighted by molar-refractivity contribution is 5.50. The van der Waals surface area contributed by atoms with E-state index in [1.807, 2.05) is 4.90 Å². The predicted molar refractivity (Wildman–Crippen MR) is 124 cm³/mol. The number of likely N-dealkylation sites (tertiary alicyclic amines) is 1. The topological polar surface area (TPSA) is 44.6 Å². The molecule has 1 atom stereocenters. The molecule has 6 heteroatoms. The highest BCUT2D eigenvalue weighted by Crippen LogP contribution is 2.54. The van der Waals surface area contributed by atoms with Crippen molar-refractivity contribution in [2.45, 2.75) is 83.7 Å². The molecule has 0 N–H and O–H groups in total. The number of piperazine rings is 1. The molecule has 172 valence electrons. The van der Waals surface area contributed by atoms with E-state index in [4.69, 9.17) is 5.10 Å². The highest BCUT2D eigenvalue weighted by atomic mass is 16.1. The second-order valence-corrected chi connectivity index (χ2v) is 11.2. The Hall–Kier alpha value is -1.56. The van der Waals surface area contributed by atoms with Crippen LogP contribution in [0.2, 0.25) is 0 Å². The van der Waals surface area contributed by atoms with E-state index in [-0.39, 0.29) is 0 Å². The molecule has 1 aromatic rings. The van der Waals surface area contributed by atoms with Crippen LogP contribution >= 0.6 is 0 Å². The summed E-state index contributed by atoms with van der Waals surface area (Å²) in [5.74, 6) is 2.06. The fraction of sp³-hybridized carbons (Fsp3) is 0.840. The number of hydrogen-bond acceptors (Lipinski definition) is 4. The van der Waals surface area contributed by atoms with E-state index in [1.165, 1.54) is 82.5 Å². The Bertz CT molecular complexity index is 786. The van der Waals surface area contributed by atoms with Gasteiger partial charge >= 0.3 is 0 Å². The molecule has 0 aromatic carbocycles. The van der Waals surface area contributed by atoms with Crippen LogP contribution < -0.4 is 4.90 Å². The van der Waals surface area contributed by atoms with Crippen LogP contribution in [0.5, 0.6) is 0 Å². The minimum absolute atomic E-state index is 0.313. The lowest BCUT2D eigenvalue weighted by Gasteiger charge is -2.58. The van der Waals surface area contributed by atoms with E-state index in [9.17, 15) is 4.79 Å². The van der Waals surface area contributed by atoms with Crippen molar-refractivity contribution in [3.05, 3.63) is 11.8 Å². The molecule has 1 aromatic heterocycles. The van der Waals surface area contributed by atoms with Gasteiger partial charge in [-0.05, 0) is 51.4 Å². The molecule has 2 saturated heterocycles. The summed E-state index contributed by atoms with van der Waals surface area (Å²) in [6, 6.07) is 2.85. The average Bonchev–Trinajstić information content (AvgIpc) is 3.05. The van der Waals surface area contributed by atoms with Crippen LogP contribution in [0.4, 0.5) is 5.82 Å². The predicted octanol–water partition coefficient (Wildman–Crippen LogP) is 3.86. The van der Waals surface area contributed by atoms with Crippen molar-refractivity contribution in [3.8, 4) is 0 Å². The molecule has 1 amide bonds. The molecular formula is C25H41N5O. The summed E-state index contributed by atoms with van der Waals surface area (Å²) in [4.78, 5) is 18.3. The van der Waals surface area contributed by atoms with Crippen LogP contribution in [-0.2, 0) is 4.79 Å². The van der Waals surface area contributed by atoms with E-state index < -0.39 is 0 Å². The number of amides is 1. The van der Waals surface area contributed by atoms with Gasteiger partial charge in [0, 0.05) is 56.4 Å². The summed E-state index contributed by atoms with van der Waals surface area (Å²) in [7, 11) is 0. The van der Waals surface area contributed by atoms with Crippen molar-refractivity contribution in [2.24, 2.45) is 11.3 Å². The third-order valence-electron chi connectivity index (χ3n) is 8.90. The maximum Gasteiger partial charge on any atom is 0.209 e. The molecular weight excluding hydrogens is 386 g/mol. The summed E-state index contributed by atoms with van der Waals surface area (Å²) in [6.07, 6.45) is 11.3. The van der Waals surface area contributed by atoms with Gasteiger partial charge in [-0.25, -0.2) is 0 Å². The molecule has 31 heavy (non-hydrogen) atoms. The maximum atomic E-state index is 10.9. The molecule has 3 heterocycles.